The third-order valence-corrected chi connectivity index (χ3v) is 3.64. The number of carboxylic acids is 1. The smallest absolute Gasteiger partial charge is 0.364 e. The van der Waals surface area contributed by atoms with Crippen LogP contribution in [0.25, 0.3) is 17.0 Å². The zero-order chi connectivity index (χ0) is 15.7. The summed E-state index contributed by atoms with van der Waals surface area (Å²) in [6.45, 7) is 0.584. The quantitative estimate of drug-likeness (QED) is 0.884. The van der Waals surface area contributed by atoms with Gasteiger partial charge in [0.15, 0.2) is 12.0 Å². The van der Waals surface area contributed by atoms with Gasteiger partial charge in [-0.1, -0.05) is 12.1 Å². The van der Waals surface area contributed by atoms with Gasteiger partial charge in [-0.25, -0.2) is 13.9 Å². The Kier molecular flexibility index (Phi) is 3.89. The Morgan fingerprint density at radius 3 is 2.95 bits per heavy atom. The van der Waals surface area contributed by atoms with Gasteiger partial charge in [0.25, 0.3) is 0 Å². The maximum absolute atomic E-state index is 14.6. The summed E-state index contributed by atoms with van der Waals surface area (Å²) in [4.78, 5) is 10.5. The molecule has 2 aromatic rings. The average Bonchev–Trinajstić information content (AvgIpc) is 2.95. The van der Waals surface area contributed by atoms with Crippen molar-refractivity contribution in [3.8, 4) is 0 Å². The van der Waals surface area contributed by atoms with Crippen LogP contribution in [0.1, 0.15) is 31.1 Å². The number of aliphatic carboxylic acids is 1. The lowest BCUT2D eigenvalue weighted by Gasteiger charge is -2.23. The molecule has 1 unspecified atom stereocenters. The van der Waals surface area contributed by atoms with Crippen molar-refractivity contribution in [2.45, 2.75) is 25.5 Å². The highest BCUT2D eigenvalue weighted by atomic mass is 19.1. The second kappa shape index (κ2) is 5.84. The second-order valence-corrected chi connectivity index (χ2v) is 5.11. The van der Waals surface area contributed by atoms with Gasteiger partial charge in [0.1, 0.15) is 5.52 Å². The van der Waals surface area contributed by atoms with Crippen LogP contribution in [0.3, 0.4) is 0 Å². The van der Waals surface area contributed by atoms with Gasteiger partial charge in [0.2, 0.25) is 5.83 Å². The predicted octanol–water partition coefficient (Wildman–Crippen LogP) is 3.27. The molecule has 1 atom stereocenters. The number of benzene rings is 1. The highest BCUT2D eigenvalue weighted by molar-refractivity contribution is 5.91. The Morgan fingerprint density at radius 2 is 2.27 bits per heavy atom. The number of fused-ring (bicyclic) bond motifs is 1. The van der Waals surface area contributed by atoms with Gasteiger partial charge in [0, 0.05) is 17.6 Å². The van der Waals surface area contributed by atoms with Gasteiger partial charge >= 0.3 is 5.97 Å². The van der Waals surface area contributed by atoms with E-state index in [4.69, 9.17) is 9.84 Å². The first-order valence-electron chi connectivity index (χ1n) is 6.96. The third kappa shape index (κ3) is 2.59. The van der Waals surface area contributed by atoms with Crippen molar-refractivity contribution < 1.29 is 23.4 Å². The molecule has 2 heterocycles. The molecule has 22 heavy (non-hydrogen) atoms. The molecule has 0 saturated carbocycles. The van der Waals surface area contributed by atoms with Crippen LogP contribution in [-0.2, 0) is 9.53 Å². The molecule has 0 spiro atoms. The fourth-order valence-electron chi connectivity index (χ4n) is 2.56. The van der Waals surface area contributed by atoms with Crippen molar-refractivity contribution in [2.75, 3.05) is 6.61 Å². The first-order valence-corrected chi connectivity index (χ1v) is 6.96. The Bertz CT molecular complexity index is 749. The number of rotatable bonds is 3. The molecule has 1 aromatic heterocycles. The summed E-state index contributed by atoms with van der Waals surface area (Å²) in [5, 5.41) is 13.3. The molecule has 3 rings (SSSR count). The lowest BCUT2D eigenvalue weighted by atomic mass is 10.1. The van der Waals surface area contributed by atoms with Crippen LogP contribution < -0.4 is 0 Å². The van der Waals surface area contributed by atoms with Crippen molar-refractivity contribution in [2.24, 2.45) is 0 Å². The van der Waals surface area contributed by atoms with E-state index in [-0.39, 0.29) is 17.3 Å². The number of nitrogens with zero attached hydrogens (tertiary/aromatic N) is 2. The summed E-state index contributed by atoms with van der Waals surface area (Å²) < 4.78 is 34.9. The zero-order valence-corrected chi connectivity index (χ0v) is 11.6. The molecule has 7 heteroatoms. The van der Waals surface area contributed by atoms with E-state index in [1.165, 1.54) is 16.9 Å². The van der Waals surface area contributed by atoms with Gasteiger partial charge in [-0.3, -0.25) is 0 Å². The lowest BCUT2D eigenvalue weighted by Crippen LogP contribution is -2.19. The minimum absolute atomic E-state index is 0.134. The number of ether oxygens (including phenoxy) is 1. The molecule has 116 valence electrons. The molecule has 1 aliphatic rings. The molecular formula is C15H14F2N2O3. The SMILES string of the molecule is O=C(O)/C(F)=C/c1ccc2cnn(C3CCCCO3)c2c1F. The molecule has 1 fully saturated rings. The molecule has 1 N–H and O–H groups in total. The fourth-order valence-corrected chi connectivity index (χ4v) is 2.56. The van der Waals surface area contributed by atoms with Crippen LogP contribution in [0.5, 0.6) is 0 Å². The second-order valence-electron chi connectivity index (χ2n) is 5.11. The molecule has 0 radical (unpaired) electrons. The van der Waals surface area contributed by atoms with E-state index in [0.717, 1.165) is 19.3 Å². The number of halogens is 2. The Balaban J connectivity index is 2.09. The first-order chi connectivity index (χ1) is 10.6. The van der Waals surface area contributed by atoms with Crippen molar-refractivity contribution in [3.63, 3.8) is 0 Å². The summed E-state index contributed by atoms with van der Waals surface area (Å²) in [6.07, 6.45) is 4.45. The predicted molar refractivity (Wildman–Crippen MR) is 75.3 cm³/mol. The maximum Gasteiger partial charge on any atom is 0.364 e. The minimum atomic E-state index is -1.73. The summed E-state index contributed by atoms with van der Waals surface area (Å²) in [7, 11) is 0. The number of carboxylic acid groups (broad SMARTS) is 1. The van der Waals surface area contributed by atoms with Gasteiger partial charge in [-0.2, -0.15) is 9.49 Å². The van der Waals surface area contributed by atoms with Crippen LogP contribution in [0.15, 0.2) is 24.2 Å². The Morgan fingerprint density at radius 1 is 1.45 bits per heavy atom. The van der Waals surface area contributed by atoms with Gasteiger partial charge < -0.3 is 9.84 Å². The van der Waals surface area contributed by atoms with E-state index in [0.29, 0.717) is 18.1 Å². The van der Waals surface area contributed by atoms with Crippen LogP contribution >= 0.6 is 0 Å². The summed E-state index contributed by atoms with van der Waals surface area (Å²) >= 11 is 0. The molecule has 1 saturated heterocycles. The molecular weight excluding hydrogens is 294 g/mol. The van der Waals surface area contributed by atoms with Crippen molar-refractivity contribution in [1.82, 2.24) is 9.78 Å². The summed E-state index contributed by atoms with van der Waals surface area (Å²) in [5.41, 5.74) is 0.0591. The van der Waals surface area contributed by atoms with E-state index in [1.54, 1.807) is 6.07 Å². The molecule has 1 aromatic carbocycles. The van der Waals surface area contributed by atoms with E-state index in [2.05, 4.69) is 5.10 Å². The lowest BCUT2D eigenvalue weighted by molar-refractivity contribution is -0.134. The van der Waals surface area contributed by atoms with Crippen molar-refractivity contribution in [1.29, 1.82) is 0 Å². The topological polar surface area (TPSA) is 64.3 Å². The van der Waals surface area contributed by atoms with Crippen LogP contribution in [0.4, 0.5) is 8.78 Å². The van der Waals surface area contributed by atoms with Crippen molar-refractivity contribution in [3.05, 3.63) is 35.5 Å². The normalized spacial score (nSPS) is 19.5. The number of carbonyl (C=O) groups is 1. The number of hydrogen-bond donors (Lipinski definition) is 1. The monoisotopic (exact) mass is 308 g/mol. The summed E-state index contributed by atoms with van der Waals surface area (Å²) in [5.74, 6) is -3.86. The number of hydrogen-bond acceptors (Lipinski definition) is 3. The minimum Gasteiger partial charge on any atom is -0.476 e. The Labute approximate surface area is 124 Å². The fraction of sp³-hybridized carbons (Fsp3) is 0.333. The Hall–Kier alpha value is -2.28. The molecule has 0 bridgehead atoms. The van der Waals surface area contributed by atoms with E-state index in [9.17, 15) is 13.6 Å². The van der Waals surface area contributed by atoms with Crippen LogP contribution in [0.2, 0.25) is 0 Å². The highest BCUT2D eigenvalue weighted by Crippen LogP contribution is 2.29. The van der Waals surface area contributed by atoms with Crippen LogP contribution in [-0.4, -0.2) is 27.5 Å². The molecule has 1 aliphatic heterocycles. The van der Waals surface area contributed by atoms with Crippen molar-refractivity contribution >= 4 is 22.9 Å². The third-order valence-electron chi connectivity index (χ3n) is 3.64. The van der Waals surface area contributed by atoms with Gasteiger partial charge in [-0.15, -0.1) is 0 Å². The highest BCUT2D eigenvalue weighted by Gasteiger charge is 2.21. The first kappa shape index (κ1) is 14.6. The standard InChI is InChI=1S/C15H14F2N2O3/c16-11(15(20)21)7-9-4-5-10-8-18-19(14(10)13(9)17)12-3-1-2-6-22-12/h4-5,7-8,12H,1-3,6H2,(H,20,21)/b11-7-. The van der Waals surface area contributed by atoms with Crippen LogP contribution in [0, 0.1) is 5.82 Å². The average molecular weight is 308 g/mol. The molecule has 0 amide bonds. The van der Waals surface area contributed by atoms with E-state index in [1.807, 2.05) is 0 Å². The number of aromatic nitrogens is 2. The summed E-state index contributed by atoms with van der Waals surface area (Å²) in [6, 6.07) is 2.90. The molecule has 0 aliphatic carbocycles. The van der Waals surface area contributed by atoms with E-state index >= 15 is 0 Å². The zero-order valence-electron chi connectivity index (χ0n) is 11.6. The van der Waals surface area contributed by atoms with Gasteiger partial charge in [-0.05, 0) is 25.3 Å². The maximum atomic E-state index is 14.6. The molecule has 5 nitrogen and oxygen atoms in total. The van der Waals surface area contributed by atoms with Gasteiger partial charge in [0.05, 0.1) is 6.20 Å². The van der Waals surface area contributed by atoms with E-state index < -0.39 is 17.6 Å². The largest absolute Gasteiger partial charge is 0.476 e.